The fraction of sp³-hybridized carbons (Fsp3) is 0.391. The maximum atomic E-state index is 12.6. The molecule has 8 heteroatoms. The van der Waals surface area contributed by atoms with Crippen molar-refractivity contribution in [3.05, 3.63) is 54.1 Å². The van der Waals surface area contributed by atoms with Crippen molar-refractivity contribution >= 4 is 38.6 Å². The van der Waals surface area contributed by atoms with Gasteiger partial charge in [0, 0.05) is 13.1 Å². The Balaban J connectivity index is 1.30. The van der Waals surface area contributed by atoms with Crippen LogP contribution in [-0.4, -0.2) is 48.8 Å². The van der Waals surface area contributed by atoms with E-state index >= 15 is 0 Å². The van der Waals surface area contributed by atoms with E-state index in [2.05, 4.69) is 29.2 Å². The van der Waals surface area contributed by atoms with Crippen molar-refractivity contribution in [3.8, 4) is 0 Å². The average molecular weight is 459 g/mol. The van der Waals surface area contributed by atoms with Crippen molar-refractivity contribution in [1.29, 1.82) is 0 Å². The van der Waals surface area contributed by atoms with Crippen LogP contribution in [-0.2, 0) is 21.1 Å². The second kappa shape index (κ2) is 9.44. The van der Waals surface area contributed by atoms with Gasteiger partial charge in [0.05, 0.1) is 16.4 Å². The lowest BCUT2D eigenvalue weighted by Gasteiger charge is -2.32. The van der Waals surface area contributed by atoms with Crippen molar-refractivity contribution in [3.63, 3.8) is 0 Å². The lowest BCUT2D eigenvalue weighted by Crippen LogP contribution is -2.39. The van der Waals surface area contributed by atoms with Gasteiger partial charge in [0.15, 0.2) is 15.4 Å². The maximum Gasteiger partial charge on any atom is 0.257 e. The Bertz CT molecular complexity index is 1150. The highest BCUT2D eigenvalue weighted by molar-refractivity contribution is 7.99. The van der Waals surface area contributed by atoms with E-state index in [1.165, 1.54) is 29.5 Å². The highest BCUT2D eigenvalue weighted by Crippen LogP contribution is 2.27. The van der Waals surface area contributed by atoms with E-state index in [1.807, 2.05) is 11.0 Å². The first kappa shape index (κ1) is 21.9. The van der Waals surface area contributed by atoms with E-state index < -0.39 is 9.84 Å². The van der Waals surface area contributed by atoms with Crippen molar-refractivity contribution < 1.29 is 17.6 Å². The molecule has 0 bridgehead atoms. The molecule has 0 radical (unpaired) electrons. The van der Waals surface area contributed by atoms with E-state index in [0.717, 1.165) is 32.4 Å². The van der Waals surface area contributed by atoms with Crippen molar-refractivity contribution in [1.82, 2.24) is 9.88 Å². The van der Waals surface area contributed by atoms with Crippen LogP contribution in [0.15, 0.2) is 63.1 Å². The molecule has 6 nitrogen and oxygen atoms in total. The number of carbonyl (C=O) groups excluding carboxylic acids is 1. The average Bonchev–Trinajstić information content (AvgIpc) is 3.21. The number of fused-ring (bicyclic) bond motifs is 1. The number of thioether (sulfide) groups is 1. The molecule has 1 amide bonds. The molecule has 0 unspecified atom stereocenters. The van der Waals surface area contributed by atoms with Crippen molar-refractivity contribution in [2.24, 2.45) is 5.92 Å². The van der Waals surface area contributed by atoms with Gasteiger partial charge in [-0.25, -0.2) is 13.4 Å². The third-order valence-electron chi connectivity index (χ3n) is 5.73. The molecule has 2 aromatic carbocycles. The van der Waals surface area contributed by atoms with Crippen LogP contribution in [0, 0.1) is 5.92 Å². The summed E-state index contributed by atoms with van der Waals surface area (Å²) in [6, 6.07) is 15.2. The molecule has 3 aromatic rings. The molecule has 2 heterocycles. The Morgan fingerprint density at radius 3 is 2.61 bits per heavy atom. The third kappa shape index (κ3) is 5.30. The number of oxazole rings is 1. The zero-order valence-corrected chi connectivity index (χ0v) is 19.1. The molecule has 0 N–H and O–H groups in total. The zero-order valence-electron chi connectivity index (χ0n) is 17.5. The maximum absolute atomic E-state index is 12.6. The molecule has 0 saturated carbocycles. The molecule has 1 aromatic heterocycles. The normalized spacial score (nSPS) is 15.5. The zero-order chi connectivity index (χ0) is 21.8. The van der Waals surface area contributed by atoms with E-state index in [1.54, 1.807) is 13.0 Å². The van der Waals surface area contributed by atoms with Crippen LogP contribution < -0.4 is 0 Å². The Morgan fingerprint density at radius 2 is 1.90 bits per heavy atom. The monoisotopic (exact) mass is 458 g/mol. The number of hydrogen-bond donors (Lipinski definition) is 0. The molecule has 1 aliphatic heterocycles. The molecule has 164 valence electrons. The molecule has 0 aliphatic carbocycles. The van der Waals surface area contributed by atoms with Crippen LogP contribution in [0.1, 0.15) is 25.3 Å². The first-order chi connectivity index (χ1) is 14.9. The Hall–Kier alpha value is -2.32. The molecular formula is C23H26N2O4S2. The van der Waals surface area contributed by atoms with Crippen molar-refractivity contribution in [2.45, 2.75) is 36.3 Å². The molecule has 1 aliphatic rings. The van der Waals surface area contributed by atoms with E-state index in [0.29, 0.717) is 22.2 Å². The number of piperidine rings is 1. The number of amides is 1. The minimum Gasteiger partial charge on any atom is -0.431 e. The predicted octanol–water partition coefficient (Wildman–Crippen LogP) is 4.19. The summed E-state index contributed by atoms with van der Waals surface area (Å²) in [5, 5.41) is 0.383. The first-order valence-corrected chi connectivity index (χ1v) is 13.2. The van der Waals surface area contributed by atoms with Gasteiger partial charge in [-0.15, -0.1) is 0 Å². The van der Waals surface area contributed by atoms with Crippen LogP contribution in [0.5, 0.6) is 0 Å². The summed E-state index contributed by atoms with van der Waals surface area (Å²) in [6.45, 7) is 3.17. The lowest BCUT2D eigenvalue weighted by molar-refractivity contribution is -0.129. The number of rotatable bonds is 7. The van der Waals surface area contributed by atoms with Gasteiger partial charge in [0.2, 0.25) is 5.91 Å². The van der Waals surface area contributed by atoms with Gasteiger partial charge < -0.3 is 9.32 Å². The van der Waals surface area contributed by atoms with Crippen LogP contribution in [0.3, 0.4) is 0 Å². The van der Waals surface area contributed by atoms with Crippen LogP contribution in [0.25, 0.3) is 11.1 Å². The summed E-state index contributed by atoms with van der Waals surface area (Å²) >= 11 is 1.25. The Labute approximate surface area is 186 Å². The standard InChI is InChI=1S/C23H26N2O4S2/c1-2-31(27,28)19-8-9-21-20(15-19)24-23(29-21)30-16-22(26)25-12-10-18(11-13-25)14-17-6-4-3-5-7-17/h3-9,15,18H,2,10-14,16H2,1H3. The van der Waals surface area contributed by atoms with E-state index in [4.69, 9.17) is 4.42 Å². The summed E-state index contributed by atoms with van der Waals surface area (Å²) in [6.07, 6.45) is 3.10. The van der Waals surface area contributed by atoms with Gasteiger partial charge in [0.25, 0.3) is 5.22 Å². The molecular weight excluding hydrogens is 432 g/mol. The van der Waals surface area contributed by atoms with Crippen LogP contribution >= 0.6 is 11.8 Å². The molecule has 1 fully saturated rings. The molecule has 1 saturated heterocycles. The van der Waals surface area contributed by atoms with E-state index in [-0.39, 0.29) is 22.3 Å². The number of carbonyl (C=O) groups is 1. The minimum absolute atomic E-state index is 0.0362. The van der Waals surface area contributed by atoms with E-state index in [9.17, 15) is 13.2 Å². The Kier molecular flexibility index (Phi) is 6.67. The predicted molar refractivity (Wildman–Crippen MR) is 122 cm³/mol. The second-order valence-corrected chi connectivity index (χ2v) is 11.0. The molecule has 0 spiro atoms. The lowest BCUT2D eigenvalue weighted by atomic mass is 9.90. The second-order valence-electron chi connectivity index (χ2n) is 7.82. The smallest absolute Gasteiger partial charge is 0.257 e. The number of nitrogens with zero attached hydrogens (tertiary/aromatic N) is 2. The molecule has 0 atom stereocenters. The fourth-order valence-electron chi connectivity index (χ4n) is 3.86. The van der Waals surface area contributed by atoms with Gasteiger partial charge in [-0.05, 0) is 48.9 Å². The van der Waals surface area contributed by atoms with Crippen LogP contribution in [0.2, 0.25) is 0 Å². The summed E-state index contributed by atoms with van der Waals surface area (Å²) in [7, 11) is -3.29. The molecule has 4 rings (SSSR count). The van der Waals surface area contributed by atoms with Gasteiger partial charge in [-0.1, -0.05) is 49.0 Å². The SMILES string of the molecule is CCS(=O)(=O)c1ccc2oc(SCC(=O)N3CCC(Cc4ccccc4)CC3)nc2c1. The van der Waals surface area contributed by atoms with Gasteiger partial charge in [-0.2, -0.15) is 0 Å². The quantitative estimate of drug-likeness (QED) is 0.494. The van der Waals surface area contributed by atoms with Gasteiger partial charge in [0.1, 0.15) is 5.52 Å². The number of sulfone groups is 1. The highest BCUT2D eigenvalue weighted by atomic mass is 32.2. The number of benzene rings is 2. The fourth-order valence-corrected chi connectivity index (χ4v) is 5.50. The van der Waals surface area contributed by atoms with Gasteiger partial charge in [-0.3, -0.25) is 4.79 Å². The molecule has 31 heavy (non-hydrogen) atoms. The van der Waals surface area contributed by atoms with Crippen LogP contribution in [0.4, 0.5) is 0 Å². The van der Waals surface area contributed by atoms with Crippen molar-refractivity contribution in [2.75, 3.05) is 24.6 Å². The Morgan fingerprint density at radius 1 is 1.16 bits per heavy atom. The minimum atomic E-state index is -3.29. The number of likely N-dealkylation sites (tertiary alicyclic amines) is 1. The summed E-state index contributed by atoms with van der Waals surface area (Å²) < 4.78 is 29.8. The highest BCUT2D eigenvalue weighted by Gasteiger charge is 2.23. The summed E-state index contributed by atoms with van der Waals surface area (Å²) in [5.41, 5.74) is 2.37. The summed E-state index contributed by atoms with van der Waals surface area (Å²) in [4.78, 5) is 19.1. The largest absolute Gasteiger partial charge is 0.431 e. The number of hydrogen-bond acceptors (Lipinski definition) is 6. The number of aromatic nitrogens is 1. The topological polar surface area (TPSA) is 80.5 Å². The third-order valence-corrected chi connectivity index (χ3v) is 8.28. The first-order valence-electron chi connectivity index (χ1n) is 10.5. The van der Waals surface area contributed by atoms with Gasteiger partial charge >= 0.3 is 0 Å². The summed E-state index contributed by atoms with van der Waals surface area (Å²) in [5.74, 6) is 0.995.